The fraction of sp³-hybridized carbons (Fsp3) is 0.333. The second kappa shape index (κ2) is 5.87. The van der Waals surface area contributed by atoms with Crippen LogP contribution in [0.1, 0.15) is 28.5 Å². The molecule has 0 atom stereocenters. The van der Waals surface area contributed by atoms with Crippen molar-refractivity contribution < 1.29 is 9.63 Å². The van der Waals surface area contributed by atoms with Gasteiger partial charge >= 0.3 is 0 Å². The SMILES string of the molecule is C#CCONC(=O)c1cc(C)c(CC)[nH]c1=O. The lowest BCUT2D eigenvalue weighted by molar-refractivity contribution is 0.0436. The van der Waals surface area contributed by atoms with Crippen LogP contribution in [-0.2, 0) is 11.3 Å². The van der Waals surface area contributed by atoms with Gasteiger partial charge in [0.05, 0.1) is 0 Å². The van der Waals surface area contributed by atoms with Crippen molar-refractivity contribution >= 4 is 5.91 Å². The Kier molecular flexibility index (Phi) is 4.49. The van der Waals surface area contributed by atoms with Gasteiger partial charge in [0.25, 0.3) is 11.5 Å². The number of pyridine rings is 1. The first-order valence-electron chi connectivity index (χ1n) is 5.18. The van der Waals surface area contributed by atoms with Gasteiger partial charge in [-0.1, -0.05) is 12.8 Å². The summed E-state index contributed by atoms with van der Waals surface area (Å²) in [5.74, 6) is 1.59. The minimum atomic E-state index is -0.604. The molecule has 0 radical (unpaired) electrons. The predicted octanol–water partition coefficient (Wildman–Crippen LogP) is 0.540. The quantitative estimate of drug-likeness (QED) is 0.454. The summed E-state index contributed by atoms with van der Waals surface area (Å²) in [6.07, 6.45) is 5.66. The van der Waals surface area contributed by atoms with Gasteiger partial charge < -0.3 is 4.98 Å². The lowest BCUT2D eigenvalue weighted by atomic mass is 10.1. The molecule has 1 amide bonds. The molecule has 0 aliphatic carbocycles. The minimum Gasteiger partial charge on any atom is -0.325 e. The molecule has 5 heteroatoms. The van der Waals surface area contributed by atoms with Crippen LogP contribution in [0.15, 0.2) is 10.9 Å². The van der Waals surface area contributed by atoms with Gasteiger partial charge in [-0.05, 0) is 25.0 Å². The Morgan fingerprint density at radius 3 is 2.94 bits per heavy atom. The van der Waals surface area contributed by atoms with E-state index in [-0.39, 0.29) is 12.2 Å². The number of amides is 1. The number of carbonyl (C=O) groups is 1. The maximum atomic E-state index is 11.6. The molecule has 0 saturated heterocycles. The van der Waals surface area contributed by atoms with Crippen molar-refractivity contribution in [2.45, 2.75) is 20.3 Å². The molecule has 0 saturated carbocycles. The summed E-state index contributed by atoms with van der Waals surface area (Å²) < 4.78 is 0. The maximum absolute atomic E-state index is 11.6. The number of aryl methyl sites for hydroxylation is 2. The van der Waals surface area contributed by atoms with E-state index in [0.29, 0.717) is 6.42 Å². The van der Waals surface area contributed by atoms with Gasteiger partial charge in [-0.3, -0.25) is 14.4 Å². The fourth-order valence-corrected chi connectivity index (χ4v) is 1.41. The van der Waals surface area contributed by atoms with E-state index in [2.05, 4.69) is 21.2 Å². The number of aromatic nitrogens is 1. The van der Waals surface area contributed by atoms with Crippen molar-refractivity contribution in [2.75, 3.05) is 6.61 Å². The topological polar surface area (TPSA) is 71.2 Å². The number of nitrogens with one attached hydrogen (secondary N) is 2. The highest BCUT2D eigenvalue weighted by Crippen LogP contribution is 2.04. The molecule has 5 nitrogen and oxygen atoms in total. The molecule has 1 rings (SSSR count). The smallest absolute Gasteiger partial charge is 0.280 e. The molecule has 0 fully saturated rings. The van der Waals surface area contributed by atoms with Crippen molar-refractivity contribution in [1.82, 2.24) is 10.5 Å². The molecular weight excluding hydrogens is 220 g/mol. The molecule has 0 aliphatic heterocycles. The molecular formula is C12H14N2O3. The molecule has 1 heterocycles. The zero-order valence-electron chi connectivity index (χ0n) is 9.79. The van der Waals surface area contributed by atoms with E-state index in [1.54, 1.807) is 0 Å². The number of carbonyl (C=O) groups excluding carboxylic acids is 1. The van der Waals surface area contributed by atoms with Crippen LogP contribution in [0.5, 0.6) is 0 Å². The number of aromatic amines is 1. The summed E-state index contributed by atoms with van der Waals surface area (Å²) in [5, 5.41) is 0. The summed E-state index contributed by atoms with van der Waals surface area (Å²) in [5.41, 5.74) is 3.35. The number of hydrogen-bond donors (Lipinski definition) is 2. The van der Waals surface area contributed by atoms with Gasteiger partial charge in [0.2, 0.25) is 0 Å². The second-order valence-electron chi connectivity index (χ2n) is 3.45. The molecule has 0 aromatic carbocycles. The van der Waals surface area contributed by atoms with Gasteiger partial charge in [0, 0.05) is 5.69 Å². The Hall–Kier alpha value is -2.06. The van der Waals surface area contributed by atoms with Crippen LogP contribution in [0.25, 0.3) is 0 Å². The van der Waals surface area contributed by atoms with Crippen LogP contribution < -0.4 is 11.0 Å². The van der Waals surface area contributed by atoms with Crippen LogP contribution in [0.3, 0.4) is 0 Å². The van der Waals surface area contributed by atoms with E-state index < -0.39 is 11.5 Å². The number of rotatable bonds is 4. The van der Waals surface area contributed by atoms with Crippen molar-refractivity contribution in [3.63, 3.8) is 0 Å². The highest BCUT2D eigenvalue weighted by atomic mass is 16.6. The maximum Gasteiger partial charge on any atom is 0.280 e. The van der Waals surface area contributed by atoms with Gasteiger partial charge in [0.15, 0.2) is 0 Å². The number of hydroxylamine groups is 1. The molecule has 0 aliphatic rings. The average molecular weight is 234 g/mol. The summed E-state index contributed by atoms with van der Waals surface area (Å²) in [7, 11) is 0. The van der Waals surface area contributed by atoms with Crippen LogP contribution in [-0.4, -0.2) is 17.5 Å². The Bertz CT molecular complexity index is 511. The summed E-state index contributed by atoms with van der Waals surface area (Å²) in [6.45, 7) is 3.71. The zero-order valence-corrected chi connectivity index (χ0v) is 9.79. The summed E-state index contributed by atoms with van der Waals surface area (Å²) >= 11 is 0. The molecule has 0 unspecified atom stereocenters. The molecule has 0 bridgehead atoms. The molecule has 1 aromatic heterocycles. The van der Waals surface area contributed by atoms with E-state index >= 15 is 0 Å². The first-order valence-corrected chi connectivity index (χ1v) is 5.18. The van der Waals surface area contributed by atoms with E-state index in [1.807, 2.05) is 13.8 Å². The van der Waals surface area contributed by atoms with E-state index in [9.17, 15) is 9.59 Å². The highest BCUT2D eigenvalue weighted by Gasteiger charge is 2.12. The Morgan fingerprint density at radius 2 is 2.35 bits per heavy atom. The third kappa shape index (κ3) is 3.20. The predicted molar refractivity (Wildman–Crippen MR) is 63.4 cm³/mol. The second-order valence-corrected chi connectivity index (χ2v) is 3.45. The Labute approximate surface area is 99.1 Å². The normalized spacial score (nSPS) is 9.71. The first-order chi connectivity index (χ1) is 8.10. The molecule has 2 N–H and O–H groups in total. The van der Waals surface area contributed by atoms with Crippen LogP contribution in [0.4, 0.5) is 0 Å². The molecule has 17 heavy (non-hydrogen) atoms. The van der Waals surface area contributed by atoms with Crippen LogP contribution in [0.2, 0.25) is 0 Å². The van der Waals surface area contributed by atoms with Crippen molar-refractivity contribution in [3.05, 3.63) is 33.2 Å². The average Bonchev–Trinajstić information content (AvgIpc) is 2.31. The third-order valence-electron chi connectivity index (χ3n) is 2.26. The third-order valence-corrected chi connectivity index (χ3v) is 2.26. The molecule has 0 spiro atoms. The van der Waals surface area contributed by atoms with Gasteiger partial charge in [-0.15, -0.1) is 6.42 Å². The lowest BCUT2D eigenvalue weighted by Crippen LogP contribution is -2.30. The van der Waals surface area contributed by atoms with Gasteiger partial charge in [-0.2, -0.15) is 0 Å². The van der Waals surface area contributed by atoms with Crippen molar-refractivity contribution in [1.29, 1.82) is 0 Å². The minimum absolute atomic E-state index is 0.0109. The number of H-pyrrole nitrogens is 1. The van der Waals surface area contributed by atoms with E-state index in [0.717, 1.165) is 11.3 Å². The molecule has 90 valence electrons. The largest absolute Gasteiger partial charge is 0.325 e. The molecule has 1 aromatic rings. The van der Waals surface area contributed by atoms with Gasteiger partial charge in [0.1, 0.15) is 12.2 Å². The fourth-order valence-electron chi connectivity index (χ4n) is 1.41. The van der Waals surface area contributed by atoms with E-state index in [1.165, 1.54) is 6.07 Å². The summed E-state index contributed by atoms with van der Waals surface area (Å²) in [4.78, 5) is 30.5. The van der Waals surface area contributed by atoms with Gasteiger partial charge in [-0.25, -0.2) is 5.48 Å². The van der Waals surface area contributed by atoms with Crippen molar-refractivity contribution in [3.8, 4) is 12.3 Å². The monoisotopic (exact) mass is 234 g/mol. The summed E-state index contributed by atoms with van der Waals surface area (Å²) in [6, 6.07) is 1.53. The van der Waals surface area contributed by atoms with Crippen LogP contribution >= 0.6 is 0 Å². The van der Waals surface area contributed by atoms with Crippen molar-refractivity contribution in [2.24, 2.45) is 0 Å². The van der Waals surface area contributed by atoms with E-state index in [4.69, 9.17) is 6.42 Å². The Balaban J connectivity index is 2.92. The Morgan fingerprint density at radius 1 is 1.65 bits per heavy atom. The highest BCUT2D eigenvalue weighted by molar-refractivity contribution is 5.93. The lowest BCUT2D eigenvalue weighted by Gasteiger charge is -2.06. The zero-order chi connectivity index (χ0) is 12.8. The number of hydrogen-bond acceptors (Lipinski definition) is 3. The first kappa shape index (κ1) is 13.0. The number of terminal acetylenes is 1. The standard InChI is InChI=1S/C12H14N2O3/c1-4-6-17-14-12(16)9-7-8(3)10(5-2)13-11(9)15/h1,7H,5-6H2,2-3H3,(H,13,15)(H,14,16). The van der Waals surface area contributed by atoms with Crippen LogP contribution in [0, 0.1) is 19.3 Å².